The Morgan fingerprint density at radius 2 is 2.28 bits per heavy atom. The van der Waals surface area contributed by atoms with E-state index in [0.717, 1.165) is 30.0 Å². The summed E-state index contributed by atoms with van der Waals surface area (Å²) in [5.41, 5.74) is -0.400. The van der Waals surface area contributed by atoms with Crippen molar-refractivity contribution in [2.45, 2.75) is 36.8 Å². The highest BCUT2D eigenvalue weighted by Crippen LogP contribution is 2.20. The van der Waals surface area contributed by atoms with Crippen LogP contribution in [0.25, 0.3) is 0 Å². The second-order valence-electron chi connectivity index (χ2n) is 4.31. The Balaban J connectivity index is 2.20. The van der Waals surface area contributed by atoms with Crippen LogP contribution < -0.4 is 5.32 Å². The molecule has 0 aliphatic carbocycles. The van der Waals surface area contributed by atoms with Gasteiger partial charge < -0.3 is 5.32 Å². The molecule has 0 spiro atoms. The number of hydrogen-bond donors (Lipinski definition) is 1. The standard InChI is InChI=1S/C13H18ClN3S/c1-13(10-15,16-2)7-3-4-8-18-12-6-5-11(14)9-17-12/h5-6,9,16H,3-4,7-8H2,1-2H3. The highest BCUT2D eigenvalue weighted by molar-refractivity contribution is 7.99. The van der Waals surface area contributed by atoms with Crippen LogP contribution in [0.4, 0.5) is 0 Å². The van der Waals surface area contributed by atoms with Gasteiger partial charge in [-0.05, 0) is 51.1 Å². The lowest BCUT2D eigenvalue weighted by Gasteiger charge is -2.20. The average molecular weight is 284 g/mol. The Bertz CT molecular complexity index is 402. The van der Waals surface area contributed by atoms with Crippen LogP contribution in [0.2, 0.25) is 5.02 Å². The zero-order chi connectivity index (χ0) is 13.4. The lowest BCUT2D eigenvalue weighted by atomic mass is 9.97. The minimum absolute atomic E-state index is 0.400. The quantitative estimate of drug-likeness (QED) is 0.615. The van der Waals surface area contributed by atoms with Gasteiger partial charge in [0.15, 0.2) is 0 Å². The summed E-state index contributed by atoms with van der Waals surface area (Å²) in [6, 6.07) is 6.08. The van der Waals surface area contributed by atoms with Crippen LogP contribution in [0, 0.1) is 11.3 Å². The molecule has 1 atom stereocenters. The zero-order valence-corrected chi connectivity index (χ0v) is 12.3. The molecule has 1 unspecified atom stereocenters. The van der Waals surface area contributed by atoms with E-state index in [2.05, 4.69) is 16.4 Å². The smallest absolute Gasteiger partial charge is 0.103 e. The van der Waals surface area contributed by atoms with Gasteiger partial charge >= 0.3 is 0 Å². The van der Waals surface area contributed by atoms with E-state index in [1.165, 1.54) is 0 Å². The Kier molecular flexibility index (Phi) is 6.48. The van der Waals surface area contributed by atoms with Gasteiger partial charge in [0.2, 0.25) is 0 Å². The summed E-state index contributed by atoms with van der Waals surface area (Å²) in [6.07, 6.45) is 4.64. The maximum atomic E-state index is 9.01. The van der Waals surface area contributed by atoms with Gasteiger partial charge in [0.25, 0.3) is 0 Å². The van der Waals surface area contributed by atoms with Crippen molar-refractivity contribution in [2.75, 3.05) is 12.8 Å². The van der Waals surface area contributed by atoms with Crippen LogP contribution in [-0.4, -0.2) is 23.3 Å². The fraction of sp³-hybridized carbons (Fsp3) is 0.538. The van der Waals surface area contributed by atoms with Crippen LogP contribution in [0.15, 0.2) is 23.4 Å². The molecule has 1 aromatic heterocycles. The molecular formula is C13H18ClN3S. The molecule has 1 heterocycles. The van der Waals surface area contributed by atoms with E-state index < -0.39 is 5.54 Å². The summed E-state index contributed by atoms with van der Waals surface area (Å²) in [6.45, 7) is 1.93. The monoisotopic (exact) mass is 283 g/mol. The molecule has 0 saturated heterocycles. The fourth-order valence-electron chi connectivity index (χ4n) is 1.44. The van der Waals surface area contributed by atoms with E-state index in [9.17, 15) is 0 Å². The lowest BCUT2D eigenvalue weighted by molar-refractivity contribution is 0.439. The van der Waals surface area contributed by atoms with Gasteiger partial charge in [0.05, 0.1) is 16.1 Å². The number of rotatable bonds is 7. The highest BCUT2D eigenvalue weighted by atomic mass is 35.5. The summed E-state index contributed by atoms with van der Waals surface area (Å²) in [7, 11) is 1.83. The molecule has 0 aliphatic rings. The number of aromatic nitrogens is 1. The first-order valence-corrected chi connectivity index (χ1v) is 7.30. The van der Waals surface area contributed by atoms with Crippen LogP contribution in [-0.2, 0) is 0 Å². The molecule has 0 saturated carbocycles. The number of thioether (sulfide) groups is 1. The molecule has 1 N–H and O–H groups in total. The largest absolute Gasteiger partial charge is 0.303 e. The Hall–Kier alpha value is -0.760. The summed E-state index contributed by atoms with van der Waals surface area (Å²) in [4.78, 5) is 4.22. The molecule has 5 heteroatoms. The van der Waals surface area contributed by atoms with Crippen molar-refractivity contribution in [3.63, 3.8) is 0 Å². The van der Waals surface area contributed by atoms with E-state index in [1.54, 1.807) is 18.0 Å². The lowest BCUT2D eigenvalue weighted by Crippen LogP contribution is -2.37. The highest BCUT2D eigenvalue weighted by Gasteiger charge is 2.19. The summed E-state index contributed by atoms with van der Waals surface area (Å²) < 4.78 is 0. The fourth-order valence-corrected chi connectivity index (χ4v) is 2.40. The van der Waals surface area contributed by atoms with E-state index in [0.29, 0.717) is 5.02 Å². The number of unbranched alkanes of at least 4 members (excludes halogenated alkanes) is 1. The average Bonchev–Trinajstić information content (AvgIpc) is 2.40. The van der Waals surface area contributed by atoms with E-state index in [1.807, 2.05) is 26.1 Å². The van der Waals surface area contributed by atoms with Crippen molar-refractivity contribution < 1.29 is 0 Å². The topological polar surface area (TPSA) is 48.7 Å². The van der Waals surface area contributed by atoms with Crippen LogP contribution >= 0.6 is 23.4 Å². The number of nitrogens with one attached hydrogen (secondary N) is 1. The van der Waals surface area contributed by atoms with Gasteiger partial charge in [-0.2, -0.15) is 5.26 Å². The Labute approximate surface area is 118 Å². The van der Waals surface area contributed by atoms with Crippen LogP contribution in [0.5, 0.6) is 0 Å². The van der Waals surface area contributed by atoms with Gasteiger partial charge in [-0.15, -0.1) is 11.8 Å². The van der Waals surface area contributed by atoms with Crippen molar-refractivity contribution >= 4 is 23.4 Å². The van der Waals surface area contributed by atoms with Crippen molar-refractivity contribution in [1.29, 1.82) is 5.26 Å². The zero-order valence-electron chi connectivity index (χ0n) is 10.7. The molecule has 3 nitrogen and oxygen atoms in total. The first-order chi connectivity index (χ1) is 8.59. The number of pyridine rings is 1. The van der Waals surface area contributed by atoms with Crippen molar-refractivity contribution in [1.82, 2.24) is 10.3 Å². The third-order valence-electron chi connectivity index (χ3n) is 2.82. The summed E-state index contributed by atoms with van der Waals surface area (Å²) in [5.74, 6) is 1.01. The summed E-state index contributed by atoms with van der Waals surface area (Å²) in [5, 5.41) is 13.7. The van der Waals surface area contributed by atoms with Crippen LogP contribution in [0.1, 0.15) is 26.2 Å². The van der Waals surface area contributed by atoms with Crippen molar-refractivity contribution in [3.8, 4) is 6.07 Å². The van der Waals surface area contributed by atoms with E-state index >= 15 is 0 Å². The molecule has 0 amide bonds. The minimum Gasteiger partial charge on any atom is -0.303 e. The maximum Gasteiger partial charge on any atom is 0.103 e. The van der Waals surface area contributed by atoms with Crippen LogP contribution in [0.3, 0.4) is 0 Å². The Morgan fingerprint density at radius 1 is 1.50 bits per heavy atom. The minimum atomic E-state index is -0.400. The van der Waals surface area contributed by atoms with E-state index in [-0.39, 0.29) is 0 Å². The maximum absolute atomic E-state index is 9.01. The van der Waals surface area contributed by atoms with Crippen molar-refractivity contribution in [2.24, 2.45) is 0 Å². The molecule has 0 bridgehead atoms. The second-order valence-corrected chi connectivity index (χ2v) is 5.87. The summed E-state index contributed by atoms with van der Waals surface area (Å²) >= 11 is 7.49. The number of nitriles is 1. The third kappa shape index (κ3) is 5.26. The van der Waals surface area contributed by atoms with Gasteiger partial charge in [-0.25, -0.2) is 4.98 Å². The predicted molar refractivity (Wildman–Crippen MR) is 76.9 cm³/mol. The number of nitrogens with zero attached hydrogens (tertiary/aromatic N) is 2. The third-order valence-corrected chi connectivity index (χ3v) is 4.07. The normalized spacial score (nSPS) is 13.9. The van der Waals surface area contributed by atoms with Crippen molar-refractivity contribution in [3.05, 3.63) is 23.4 Å². The molecule has 0 aromatic carbocycles. The van der Waals surface area contributed by atoms with Gasteiger partial charge in [-0.3, -0.25) is 0 Å². The first kappa shape index (κ1) is 15.3. The molecule has 1 rings (SSSR count). The van der Waals surface area contributed by atoms with Gasteiger partial charge in [0, 0.05) is 6.20 Å². The molecule has 1 aromatic rings. The SMILES string of the molecule is CNC(C)(C#N)CCCCSc1ccc(Cl)cn1. The van der Waals surface area contributed by atoms with Gasteiger partial charge in [-0.1, -0.05) is 11.6 Å². The second kappa shape index (κ2) is 7.63. The molecule has 0 fully saturated rings. The first-order valence-electron chi connectivity index (χ1n) is 5.94. The van der Waals surface area contributed by atoms with E-state index in [4.69, 9.17) is 16.9 Å². The predicted octanol–water partition coefficient (Wildman–Crippen LogP) is 3.50. The number of halogens is 1. The molecular weight excluding hydrogens is 266 g/mol. The molecule has 98 valence electrons. The molecule has 0 aliphatic heterocycles. The molecule has 0 radical (unpaired) electrons. The Morgan fingerprint density at radius 3 is 2.83 bits per heavy atom. The number of hydrogen-bond acceptors (Lipinski definition) is 4. The molecule has 18 heavy (non-hydrogen) atoms. The van der Waals surface area contributed by atoms with Gasteiger partial charge in [0.1, 0.15) is 5.54 Å².